The maximum absolute atomic E-state index is 11.9. The van der Waals surface area contributed by atoms with E-state index in [4.69, 9.17) is 0 Å². The van der Waals surface area contributed by atoms with Crippen molar-refractivity contribution >= 4 is 11.8 Å². The lowest BCUT2D eigenvalue weighted by molar-refractivity contribution is 0.0501. The maximum Gasteiger partial charge on any atom is 0.323 e. The number of hydrogen-bond acceptors (Lipinski definition) is 3. The van der Waals surface area contributed by atoms with Crippen LogP contribution in [0.4, 0.5) is 10.6 Å². The van der Waals surface area contributed by atoms with Crippen LogP contribution in [0.15, 0.2) is 24.4 Å². The zero-order valence-electron chi connectivity index (χ0n) is 10.5. The average molecular weight is 237 g/mol. The first-order valence-electron chi connectivity index (χ1n) is 5.61. The monoisotopic (exact) mass is 237 g/mol. The van der Waals surface area contributed by atoms with Crippen LogP contribution in [-0.4, -0.2) is 39.7 Å². The van der Waals surface area contributed by atoms with Gasteiger partial charge in [0.1, 0.15) is 5.82 Å². The number of urea groups is 1. The number of aliphatic hydroxyl groups is 1. The van der Waals surface area contributed by atoms with E-state index in [2.05, 4.69) is 10.3 Å². The van der Waals surface area contributed by atoms with Gasteiger partial charge < -0.3 is 10.0 Å². The molecule has 0 aromatic carbocycles. The zero-order valence-corrected chi connectivity index (χ0v) is 10.5. The highest BCUT2D eigenvalue weighted by Gasteiger charge is 2.21. The third kappa shape index (κ3) is 4.82. The van der Waals surface area contributed by atoms with Gasteiger partial charge in [-0.1, -0.05) is 6.07 Å². The maximum atomic E-state index is 11.9. The van der Waals surface area contributed by atoms with Crippen molar-refractivity contribution < 1.29 is 9.90 Å². The highest BCUT2D eigenvalue weighted by molar-refractivity contribution is 5.88. The average Bonchev–Trinajstić information content (AvgIpc) is 2.26. The number of amides is 2. The number of carbonyl (C=O) groups is 1. The first kappa shape index (κ1) is 13.4. The molecule has 0 atom stereocenters. The number of hydrogen-bond donors (Lipinski definition) is 2. The number of aromatic nitrogens is 1. The second kappa shape index (κ2) is 5.63. The Morgan fingerprint density at radius 1 is 1.53 bits per heavy atom. The van der Waals surface area contributed by atoms with Crippen LogP contribution in [0.3, 0.4) is 0 Å². The van der Waals surface area contributed by atoms with Crippen LogP contribution < -0.4 is 5.32 Å². The molecule has 0 fully saturated rings. The fraction of sp³-hybridized carbons (Fsp3) is 0.500. The van der Waals surface area contributed by atoms with Crippen LogP contribution in [0.5, 0.6) is 0 Å². The molecule has 5 nitrogen and oxygen atoms in total. The van der Waals surface area contributed by atoms with Crippen LogP contribution in [0, 0.1) is 0 Å². The third-order valence-corrected chi connectivity index (χ3v) is 2.15. The van der Waals surface area contributed by atoms with Crippen molar-refractivity contribution in [1.82, 2.24) is 9.88 Å². The predicted octanol–water partition coefficient (Wildman–Crippen LogP) is 1.71. The Bertz CT molecular complexity index is 360. The van der Waals surface area contributed by atoms with Gasteiger partial charge >= 0.3 is 6.03 Å². The molecule has 1 aromatic heterocycles. The molecule has 2 N–H and O–H groups in total. The van der Waals surface area contributed by atoms with Crippen molar-refractivity contribution in [3.05, 3.63) is 24.4 Å². The molecular weight excluding hydrogens is 218 g/mol. The molecule has 0 saturated heterocycles. The smallest absolute Gasteiger partial charge is 0.323 e. The number of carbonyl (C=O) groups excluding carboxylic acids is 1. The van der Waals surface area contributed by atoms with E-state index >= 15 is 0 Å². The van der Waals surface area contributed by atoms with Crippen LogP contribution in [0.2, 0.25) is 0 Å². The fourth-order valence-corrected chi connectivity index (χ4v) is 1.42. The molecule has 1 rings (SSSR count). The van der Waals surface area contributed by atoms with Crippen molar-refractivity contribution in [2.45, 2.75) is 26.4 Å². The van der Waals surface area contributed by atoms with E-state index in [0.717, 1.165) is 0 Å². The summed E-state index contributed by atoms with van der Waals surface area (Å²) in [7, 11) is 0. The van der Waals surface area contributed by atoms with E-state index in [0.29, 0.717) is 12.4 Å². The predicted molar refractivity (Wildman–Crippen MR) is 66.8 cm³/mol. The molecule has 0 bridgehead atoms. The summed E-state index contributed by atoms with van der Waals surface area (Å²) in [5, 5.41) is 12.4. The molecule has 1 heterocycles. The second-order valence-electron chi connectivity index (χ2n) is 4.47. The SMILES string of the molecule is CCN(CC(C)(C)O)C(=O)Nc1ccccn1. The second-order valence-corrected chi connectivity index (χ2v) is 4.47. The number of nitrogens with zero attached hydrogens (tertiary/aromatic N) is 2. The minimum Gasteiger partial charge on any atom is -0.389 e. The summed E-state index contributed by atoms with van der Waals surface area (Å²) in [6, 6.07) is 5.04. The molecule has 0 aliphatic rings. The fourth-order valence-electron chi connectivity index (χ4n) is 1.42. The molecule has 0 aliphatic heterocycles. The Kier molecular flexibility index (Phi) is 4.45. The molecule has 5 heteroatoms. The van der Waals surface area contributed by atoms with Gasteiger partial charge in [-0.05, 0) is 32.9 Å². The number of likely N-dealkylation sites (N-methyl/N-ethyl adjacent to an activating group) is 1. The van der Waals surface area contributed by atoms with E-state index < -0.39 is 5.60 Å². The van der Waals surface area contributed by atoms with Crippen molar-refractivity contribution in [2.75, 3.05) is 18.4 Å². The summed E-state index contributed by atoms with van der Waals surface area (Å²) in [4.78, 5) is 17.4. The Hall–Kier alpha value is -1.62. The summed E-state index contributed by atoms with van der Waals surface area (Å²) in [5.41, 5.74) is -0.905. The lowest BCUT2D eigenvalue weighted by Gasteiger charge is -2.28. The highest BCUT2D eigenvalue weighted by Crippen LogP contribution is 2.07. The molecule has 0 unspecified atom stereocenters. The molecular formula is C12H19N3O2. The van der Waals surface area contributed by atoms with E-state index in [1.54, 1.807) is 38.2 Å². The van der Waals surface area contributed by atoms with Gasteiger partial charge in [-0.25, -0.2) is 9.78 Å². The van der Waals surface area contributed by atoms with E-state index in [-0.39, 0.29) is 12.6 Å². The largest absolute Gasteiger partial charge is 0.389 e. The minimum atomic E-state index is -0.905. The molecule has 0 spiro atoms. The number of nitrogens with one attached hydrogen (secondary N) is 1. The third-order valence-electron chi connectivity index (χ3n) is 2.15. The quantitative estimate of drug-likeness (QED) is 0.837. The van der Waals surface area contributed by atoms with E-state index in [9.17, 15) is 9.90 Å². The van der Waals surface area contributed by atoms with E-state index in [1.165, 1.54) is 4.90 Å². The lowest BCUT2D eigenvalue weighted by Crippen LogP contribution is -2.44. The van der Waals surface area contributed by atoms with Gasteiger partial charge in [0.25, 0.3) is 0 Å². The topological polar surface area (TPSA) is 65.5 Å². The summed E-state index contributed by atoms with van der Waals surface area (Å²) in [6.07, 6.45) is 1.61. The Labute approximate surface area is 101 Å². The van der Waals surface area contributed by atoms with Crippen LogP contribution in [-0.2, 0) is 0 Å². The molecule has 0 saturated carbocycles. The number of anilines is 1. The lowest BCUT2D eigenvalue weighted by atomic mass is 10.1. The van der Waals surface area contributed by atoms with E-state index in [1.807, 2.05) is 6.92 Å². The van der Waals surface area contributed by atoms with Gasteiger partial charge in [-0.15, -0.1) is 0 Å². The molecule has 1 aromatic rings. The van der Waals surface area contributed by atoms with Crippen LogP contribution >= 0.6 is 0 Å². The van der Waals surface area contributed by atoms with Gasteiger partial charge in [-0.2, -0.15) is 0 Å². The van der Waals surface area contributed by atoms with Gasteiger partial charge in [-0.3, -0.25) is 5.32 Å². The van der Waals surface area contributed by atoms with Crippen molar-refractivity contribution in [1.29, 1.82) is 0 Å². The van der Waals surface area contributed by atoms with Gasteiger partial charge in [0.2, 0.25) is 0 Å². The van der Waals surface area contributed by atoms with Crippen molar-refractivity contribution in [3.8, 4) is 0 Å². The number of pyridine rings is 1. The summed E-state index contributed by atoms with van der Waals surface area (Å²) in [5.74, 6) is 0.506. The Balaban J connectivity index is 2.62. The molecule has 0 radical (unpaired) electrons. The molecule has 17 heavy (non-hydrogen) atoms. The minimum absolute atomic E-state index is 0.256. The molecule has 2 amide bonds. The van der Waals surface area contributed by atoms with Crippen molar-refractivity contribution in [2.24, 2.45) is 0 Å². The summed E-state index contributed by atoms with van der Waals surface area (Å²) in [6.45, 7) is 6.02. The summed E-state index contributed by atoms with van der Waals surface area (Å²) >= 11 is 0. The first-order chi connectivity index (χ1) is 7.92. The Morgan fingerprint density at radius 2 is 2.24 bits per heavy atom. The summed E-state index contributed by atoms with van der Waals surface area (Å²) < 4.78 is 0. The van der Waals surface area contributed by atoms with Gasteiger partial charge in [0.15, 0.2) is 0 Å². The molecule has 0 aliphatic carbocycles. The zero-order chi connectivity index (χ0) is 12.9. The highest BCUT2D eigenvalue weighted by atomic mass is 16.3. The van der Waals surface area contributed by atoms with Crippen LogP contribution in [0.1, 0.15) is 20.8 Å². The van der Waals surface area contributed by atoms with Gasteiger partial charge in [0, 0.05) is 12.7 Å². The number of rotatable bonds is 4. The standard InChI is InChI=1S/C12H19N3O2/c1-4-15(9-12(2,3)17)11(16)14-10-7-5-6-8-13-10/h5-8,17H,4,9H2,1-3H3,(H,13,14,16). The Morgan fingerprint density at radius 3 is 2.71 bits per heavy atom. The van der Waals surface area contributed by atoms with Crippen LogP contribution in [0.25, 0.3) is 0 Å². The van der Waals surface area contributed by atoms with Gasteiger partial charge in [0.05, 0.1) is 12.1 Å². The molecule has 94 valence electrons. The van der Waals surface area contributed by atoms with Crippen molar-refractivity contribution in [3.63, 3.8) is 0 Å². The normalized spacial score (nSPS) is 11.1. The first-order valence-corrected chi connectivity index (χ1v) is 5.61.